The molecule has 1 atom stereocenters. The molecule has 0 aromatic carbocycles. The minimum Gasteiger partial charge on any atom is -0.481 e. The predicted molar refractivity (Wildman–Crippen MR) is 62.6 cm³/mol. The van der Waals surface area contributed by atoms with Gasteiger partial charge in [-0.25, -0.2) is 0 Å². The molecule has 1 saturated heterocycles. The van der Waals surface area contributed by atoms with Gasteiger partial charge in [-0.1, -0.05) is 26.2 Å². The summed E-state index contributed by atoms with van der Waals surface area (Å²) >= 11 is 0. The van der Waals surface area contributed by atoms with Crippen LogP contribution in [0.2, 0.25) is 0 Å². The van der Waals surface area contributed by atoms with Gasteiger partial charge >= 0.3 is 5.97 Å². The number of unbranched alkanes of at least 4 members (excludes halogenated alkanes) is 3. The van der Waals surface area contributed by atoms with E-state index in [2.05, 4.69) is 11.8 Å². The number of morpholine rings is 1. The molecular weight excluding hydrogens is 206 g/mol. The van der Waals surface area contributed by atoms with E-state index in [0.29, 0.717) is 6.61 Å². The van der Waals surface area contributed by atoms with Crippen molar-refractivity contribution in [3.8, 4) is 0 Å². The largest absolute Gasteiger partial charge is 0.481 e. The fraction of sp³-hybridized carbons (Fsp3) is 0.917. The summed E-state index contributed by atoms with van der Waals surface area (Å²) < 4.78 is 5.34. The van der Waals surface area contributed by atoms with E-state index in [9.17, 15) is 4.79 Å². The lowest BCUT2D eigenvalue weighted by molar-refractivity contribution is -0.140. The third-order valence-corrected chi connectivity index (χ3v) is 3.06. The molecule has 94 valence electrons. The highest BCUT2D eigenvalue weighted by atomic mass is 16.5. The molecule has 1 rings (SSSR count). The number of hydrogen-bond donors (Lipinski definition) is 1. The molecule has 1 unspecified atom stereocenters. The minimum atomic E-state index is -0.728. The summed E-state index contributed by atoms with van der Waals surface area (Å²) in [5, 5.41) is 8.81. The van der Waals surface area contributed by atoms with Crippen molar-refractivity contribution < 1.29 is 14.6 Å². The second-order valence-electron chi connectivity index (χ2n) is 4.42. The number of carboxylic acids is 1. The summed E-state index contributed by atoms with van der Waals surface area (Å²) in [6, 6.07) is 0.0767. The molecule has 0 saturated carbocycles. The zero-order valence-electron chi connectivity index (χ0n) is 10.2. The van der Waals surface area contributed by atoms with Crippen LogP contribution >= 0.6 is 0 Å². The first-order chi connectivity index (χ1) is 7.74. The number of rotatable bonds is 7. The van der Waals surface area contributed by atoms with E-state index in [1.165, 1.54) is 25.7 Å². The highest BCUT2D eigenvalue weighted by Gasteiger charge is 2.24. The van der Waals surface area contributed by atoms with Gasteiger partial charge in [0, 0.05) is 12.6 Å². The summed E-state index contributed by atoms with van der Waals surface area (Å²) in [6.07, 6.45) is 5.13. The lowest BCUT2D eigenvalue weighted by Gasteiger charge is -2.34. The SMILES string of the molecule is CCCCCCN1CCOCC1CC(=O)O. The monoisotopic (exact) mass is 229 g/mol. The maximum atomic E-state index is 10.7. The first-order valence-electron chi connectivity index (χ1n) is 6.27. The van der Waals surface area contributed by atoms with Gasteiger partial charge in [0.2, 0.25) is 0 Å². The molecule has 1 N–H and O–H groups in total. The van der Waals surface area contributed by atoms with E-state index >= 15 is 0 Å². The number of ether oxygens (including phenoxy) is 1. The Balaban J connectivity index is 2.26. The average molecular weight is 229 g/mol. The second kappa shape index (κ2) is 7.63. The predicted octanol–water partition coefficient (Wildman–Crippen LogP) is 1.74. The summed E-state index contributed by atoms with van der Waals surface area (Å²) in [7, 11) is 0. The van der Waals surface area contributed by atoms with Crippen LogP contribution in [0.4, 0.5) is 0 Å². The molecule has 16 heavy (non-hydrogen) atoms. The van der Waals surface area contributed by atoms with Crippen LogP contribution in [0.15, 0.2) is 0 Å². The molecule has 0 aromatic rings. The lowest BCUT2D eigenvalue weighted by Crippen LogP contribution is -2.46. The normalized spacial score (nSPS) is 22.2. The number of carboxylic acid groups (broad SMARTS) is 1. The Morgan fingerprint density at radius 2 is 2.25 bits per heavy atom. The third kappa shape index (κ3) is 4.94. The average Bonchev–Trinajstić information content (AvgIpc) is 2.26. The van der Waals surface area contributed by atoms with Gasteiger partial charge in [0.25, 0.3) is 0 Å². The molecule has 1 aliphatic rings. The summed E-state index contributed by atoms with van der Waals surface area (Å²) in [4.78, 5) is 13.0. The van der Waals surface area contributed by atoms with Gasteiger partial charge in [0.15, 0.2) is 0 Å². The van der Waals surface area contributed by atoms with Gasteiger partial charge in [-0.15, -0.1) is 0 Å². The van der Waals surface area contributed by atoms with Gasteiger partial charge in [-0.3, -0.25) is 9.69 Å². The van der Waals surface area contributed by atoms with Crippen molar-refractivity contribution in [1.29, 1.82) is 0 Å². The molecular formula is C12H23NO3. The number of nitrogens with zero attached hydrogens (tertiary/aromatic N) is 1. The third-order valence-electron chi connectivity index (χ3n) is 3.06. The van der Waals surface area contributed by atoms with Crippen LogP contribution in [0.25, 0.3) is 0 Å². The Bertz CT molecular complexity index is 208. The zero-order valence-corrected chi connectivity index (χ0v) is 10.2. The van der Waals surface area contributed by atoms with Crippen LogP contribution in [-0.2, 0) is 9.53 Å². The maximum Gasteiger partial charge on any atom is 0.305 e. The lowest BCUT2D eigenvalue weighted by atomic mass is 10.1. The molecule has 4 nitrogen and oxygen atoms in total. The van der Waals surface area contributed by atoms with Gasteiger partial charge in [0.05, 0.1) is 19.6 Å². The van der Waals surface area contributed by atoms with E-state index in [-0.39, 0.29) is 12.5 Å². The topological polar surface area (TPSA) is 49.8 Å². The fourth-order valence-electron chi connectivity index (χ4n) is 2.11. The Morgan fingerprint density at radius 3 is 2.94 bits per heavy atom. The highest BCUT2D eigenvalue weighted by Crippen LogP contribution is 2.12. The maximum absolute atomic E-state index is 10.7. The van der Waals surface area contributed by atoms with Gasteiger partial charge in [0.1, 0.15) is 0 Å². The summed E-state index contributed by atoms with van der Waals surface area (Å²) in [6.45, 7) is 5.40. The molecule has 1 heterocycles. The van der Waals surface area contributed by atoms with Crippen LogP contribution in [0, 0.1) is 0 Å². The van der Waals surface area contributed by atoms with E-state index in [1.807, 2.05) is 0 Å². The van der Waals surface area contributed by atoms with Crippen LogP contribution in [-0.4, -0.2) is 48.3 Å². The number of hydrogen-bond acceptors (Lipinski definition) is 3. The number of aliphatic carboxylic acids is 1. The molecule has 1 aliphatic heterocycles. The minimum absolute atomic E-state index is 0.0767. The Labute approximate surface area is 97.6 Å². The van der Waals surface area contributed by atoms with Crippen LogP contribution in [0.1, 0.15) is 39.0 Å². The molecule has 0 aromatic heterocycles. The molecule has 0 aliphatic carbocycles. The Morgan fingerprint density at radius 1 is 1.44 bits per heavy atom. The molecule has 1 fully saturated rings. The van der Waals surface area contributed by atoms with Crippen molar-refractivity contribution >= 4 is 5.97 Å². The second-order valence-corrected chi connectivity index (χ2v) is 4.42. The van der Waals surface area contributed by atoms with Crippen molar-refractivity contribution in [3.05, 3.63) is 0 Å². The van der Waals surface area contributed by atoms with Crippen molar-refractivity contribution in [2.45, 2.75) is 45.1 Å². The quantitative estimate of drug-likeness (QED) is 0.676. The molecule has 0 amide bonds. The molecule has 0 spiro atoms. The standard InChI is InChI=1S/C12H23NO3/c1-2-3-4-5-6-13-7-8-16-10-11(13)9-12(14)15/h11H,2-10H2,1H3,(H,14,15). The Hall–Kier alpha value is -0.610. The Kier molecular flexibility index (Phi) is 6.42. The molecule has 0 radical (unpaired) electrons. The van der Waals surface area contributed by atoms with Crippen molar-refractivity contribution in [1.82, 2.24) is 4.90 Å². The molecule has 4 heteroatoms. The van der Waals surface area contributed by atoms with Crippen LogP contribution < -0.4 is 0 Å². The summed E-state index contributed by atoms with van der Waals surface area (Å²) in [5.74, 6) is -0.728. The van der Waals surface area contributed by atoms with Gasteiger partial charge in [-0.2, -0.15) is 0 Å². The first kappa shape index (κ1) is 13.5. The number of carbonyl (C=O) groups is 1. The van der Waals surface area contributed by atoms with E-state index in [4.69, 9.17) is 9.84 Å². The van der Waals surface area contributed by atoms with Crippen molar-refractivity contribution in [3.63, 3.8) is 0 Å². The summed E-state index contributed by atoms with van der Waals surface area (Å²) in [5.41, 5.74) is 0. The van der Waals surface area contributed by atoms with Gasteiger partial charge in [-0.05, 0) is 13.0 Å². The van der Waals surface area contributed by atoms with Gasteiger partial charge < -0.3 is 9.84 Å². The smallest absolute Gasteiger partial charge is 0.305 e. The van der Waals surface area contributed by atoms with E-state index in [0.717, 1.165) is 19.7 Å². The van der Waals surface area contributed by atoms with E-state index in [1.54, 1.807) is 0 Å². The van der Waals surface area contributed by atoms with Crippen molar-refractivity contribution in [2.75, 3.05) is 26.3 Å². The highest BCUT2D eigenvalue weighted by molar-refractivity contribution is 5.67. The van der Waals surface area contributed by atoms with Crippen LogP contribution in [0.5, 0.6) is 0 Å². The zero-order chi connectivity index (χ0) is 11.8. The van der Waals surface area contributed by atoms with E-state index < -0.39 is 5.97 Å². The van der Waals surface area contributed by atoms with Crippen molar-refractivity contribution in [2.24, 2.45) is 0 Å². The fourth-order valence-corrected chi connectivity index (χ4v) is 2.11. The first-order valence-corrected chi connectivity index (χ1v) is 6.27. The molecule has 0 bridgehead atoms. The van der Waals surface area contributed by atoms with Crippen LogP contribution in [0.3, 0.4) is 0 Å².